The monoisotopic (exact) mass is 705 g/mol. The van der Waals surface area contributed by atoms with Crippen LogP contribution < -0.4 is 14.4 Å². The molecule has 4 aromatic carbocycles. The lowest BCUT2D eigenvalue weighted by atomic mass is 10.0. The zero-order valence-electron chi connectivity index (χ0n) is 26.7. The number of nitrogens with one attached hydrogen (secondary N) is 1. The highest BCUT2D eigenvalue weighted by molar-refractivity contribution is 9.10. The second-order valence-electron chi connectivity index (χ2n) is 12.1. The number of methoxy groups -OCH3 is 1. The molecule has 8 nitrogen and oxygen atoms in total. The molecule has 4 rings (SSSR count). The third kappa shape index (κ3) is 8.98. The Balaban J connectivity index is 1.85. The molecule has 0 aliphatic carbocycles. The largest absolute Gasteiger partial charge is 0.495 e. The highest BCUT2D eigenvalue weighted by Crippen LogP contribution is 2.34. The number of carbonyl (C=O) groups excluding carboxylic acids is 2. The van der Waals surface area contributed by atoms with Gasteiger partial charge in [0.05, 0.1) is 17.7 Å². The number of hydrogen-bond acceptors (Lipinski definition) is 5. The molecule has 1 N–H and O–H groups in total. The van der Waals surface area contributed by atoms with Crippen LogP contribution in [0.15, 0.2) is 112 Å². The standard InChI is InChI=1S/C36H40BrN3O5S/c1-26-16-21-33(45-5)31(22-26)40(46(43,44)30-14-10-7-11-15-30)25-34(41)39(24-28-17-19-29(37)20-18-28)32(35(42)38-36(2,3)4)23-27-12-8-6-9-13-27/h6-22,32H,23-25H2,1-5H3,(H,38,42). The summed E-state index contributed by atoms with van der Waals surface area (Å²) in [7, 11) is -2.79. The number of nitrogens with zero attached hydrogens (tertiary/aromatic N) is 2. The maximum Gasteiger partial charge on any atom is 0.264 e. The van der Waals surface area contributed by atoms with Crippen LogP contribution in [0.4, 0.5) is 5.69 Å². The summed E-state index contributed by atoms with van der Waals surface area (Å²) in [6.07, 6.45) is 0.226. The molecular weight excluding hydrogens is 666 g/mol. The van der Waals surface area contributed by atoms with E-state index in [2.05, 4.69) is 21.2 Å². The molecule has 0 aromatic heterocycles. The van der Waals surface area contributed by atoms with Gasteiger partial charge in [-0.15, -0.1) is 0 Å². The molecule has 2 amide bonds. The van der Waals surface area contributed by atoms with Crippen LogP contribution in [0.5, 0.6) is 5.75 Å². The normalized spacial score (nSPS) is 12.2. The molecule has 0 fully saturated rings. The number of anilines is 1. The molecule has 4 aromatic rings. The number of hydrogen-bond donors (Lipinski definition) is 1. The molecule has 10 heteroatoms. The van der Waals surface area contributed by atoms with Crippen LogP contribution in [0.2, 0.25) is 0 Å². The van der Waals surface area contributed by atoms with Gasteiger partial charge in [0.15, 0.2) is 0 Å². The molecule has 0 radical (unpaired) electrons. The second-order valence-corrected chi connectivity index (χ2v) is 14.9. The maximum atomic E-state index is 14.7. The zero-order chi connectivity index (χ0) is 33.5. The molecule has 242 valence electrons. The smallest absolute Gasteiger partial charge is 0.264 e. The van der Waals surface area contributed by atoms with Gasteiger partial charge in [-0.1, -0.05) is 82.7 Å². The molecule has 0 spiro atoms. The quantitative estimate of drug-likeness (QED) is 0.181. The maximum absolute atomic E-state index is 14.7. The van der Waals surface area contributed by atoms with Crippen molar-refractivity contribution >= 4 is 43.5 Å². The average molecular weight is 707 g/mol. The molecule has 0 saturated heterocycles. The summed E-state index contributed by atoms with van der Waals surface area (Å²) >= 11 is 3.46. The number of carbonyl (C=O) groups is 2. The number of aryl methyl sites for hydroxylation is 1. The van der Waals surface area contributed by atoms with Crippen molar-refractivity contribution in [1.29, 1.82) is 0 Å². The number of halogens is 1. The van der Waals surface area contributed by atoms with Crippen LogP contribution >= 0.6 is 15.9 Å². The van der Waals surface area contributed by atoms with E-state index in [0.717, 1.165) is 25.5 Å². The van der Waals surface area contributed by atoms with E-state index in [1.165, 1.54) is 24.1 Å². The summed E-state index contributed by atoms with van der Waals surface area (Å²) in [6.45, 7) is 6.98. The second kappa shape index (κ2) is 15.0. The summed E-state index contributed by atoms with van der Waals surface area (Å²) < 4.78 is 36.1. The summed E-state index contributed by atoms with van der Waals surface area (Å²) in [4.78, 5) is 30.2. The van der Waals surface area contributed by atoms with E-state index in [0.29, 0.717) is 5.75 Å². The highest BCUT2D eigenvalue weighted by Gasteiger charge is 2.36. The first kappa shape index (κ1) is 34.7. The molecule has 0 aliphatic rings. The molecule has 0 aliphatic heterocycles. The van der Waals surface area contributed by atoms with Crippen molar-refractivity contribution < 1.29 is 22.7 Å². The van der Waals surface area contributed by atoms with E-state index >= 15 is 0 Å². The lowest BCUT2D eigenvalue weighted by Gasteiger charge is -2.35. The third-order valence-electron chi connectivity index (χ3n) is 7.25. The molecular formula is C36H40BrN3O5S. The van der Waals surface area contributed by atoms with E-state index in [1.54, 1.807) is 30.3 Å². The van der Waals surface area contributed by atoms with E-state index < -0.39 is 34.1 Å². The fourth-order valence-corrected chi connectivity index (χ4v) is 6.72. The zero-order valence-corrected chi connectivity index (χ0v) is 29.1. The molecule has 0 heterocycles. The first-order valence-electron chi connectivity index (χ1n) is 14.9. The average Bonchev–Trinajstić information content (AvgIpc) is 3.02. The Morgan fingerprint density at radius 1 is 0.870 bits per heavy atom. The number of amides is 2. The topological polar surface area (TPSA) is 96.0 Å². The minimum atomic E-state index is -4.25. The molecule has 46 heavy (non-hydrogen) atoms. The van der Waals surface area contributed by atoms with Crippen molar-refractivity contribution in [3.8, 4) is 5.75 Å². The molecule has 0 bridgehead atoms. The van der Waals surface area contributed by atoms with Crippen molar-refractivity contribution in [2.24, 2.45) is 0 Å². The minimum Gasteiger partial charge on any atom is -0.495 e. The van der Waals surface area contributed by atoms with Crippen LogP contribution in [0.25, 0.3) is 0 Å². The van der Waals surface area contributed by atoms with E-state index in [9.17, 15) is 18.0 Å². The van der Waals surface area contributed by atoms with E-state index in [-0.39, 0.29) is 29.5 Å². The van der Waals surface area contributed by atoms with Gasteiger partial charge in [0.2, 0.25) is 11.8 Å². The summed E-state index contributed by atoms with van der Waals surface area (Å²) in [6, 6.07) is 29.1. The van der Waals surface area contributed by atoms with Crippen molar-refractivity contribution in [2.75, 3.05) is 18.0 Å². The van der Waals surface area contributed by atoms with Gasteiger partial charge in [0.25, 0.3) is 10.0 Å². The SMILES string of the molecule is COc1ccc(C)cc1N(CC(=O)N(Cc1ccc(Br)cc1)C(Cc1ccccc1)C(=O)NC(C)(C)C)S(=O)(=O)c1ccccc1. The Kier molecular flexibility index (Phi) is 11.3. The van der Waals surface area contributed by atoms with Gasteiger partial charge in [-0.2, -0.15) is 0 Å². The summed E-state index contributed by atoms with van der Waals surface area (Å²) in [5.74, 6) is -0.591. The predicted molar refractivity (Wildman–Crippen MR) is 185 cm³/mol. The van der Waals surface area contributed by atoms with Crippen LogP contribution in [0.3, 0.4) is 0 Å². The molecule has 1 atom stereocenters. The van der Waals surface area contributed by atoms with Crippen LogP contribution in [-0.2, 0) is 32.6 Å². The lowest BCUT2D eigenvalue weighted by molar-refractivity contribution is -0.140. The highest BCUT2D eigenvalue weighted by atomic mass is 79.9. The van der Waals surface area contributed by atoms with Crippen molar-refractivity contribution in [1.82, 2.24) is 10.2 Å². The Bertz CT molecular complexity index is 1740. The molecule has 0 saturated carbocycles. The first-order valence-corrected chi connectivity index (χ1v) is 17.1. The van der Waals surface area contributed by atoms with Crippen molar-refractivity contribution in [3.63, 3.8) is 0 Å². The van der Waals surface area contributed by atoms with Gasteiger partial charge >= 0.3 is 0 Å². The third-order valence-corrected chi connectivity index (χ3v) is 9.55. The van der Waals surface area contributed by atoms with Gasteiger partial charge in [-0.3, -0.25) is 13.9 Å². The minimum absolute atomic E-state index is 0.0251. The van der Waals surface area contributed by atoms with Crippen LogP contribution in [0.1, 0.15) is 37.5 Å². The van der Waals surface area contributed by atoms with Gasteiger partial charge in [-0.25, -0.2) is 8.42 Å². The number of sulfonamides is 1. The Morgan fingerprint density at radius 3 is 2.07 bits per heavy atom. The van der Waals surface area contributed by atoms with Gasteiger partial charge < -0.3 is 15.0 Å². The summed E-state index contributed by atoms with van der Waals surface area (Å²) in [5, 5.41) is 3.04. The van der Waals surface area contributed by atoms with Gasteiger partial charge in [0.1, 0.15) is 18.3 Å². The van der Waals surface area contributed by atoms with Crippen LogP contribution in [-0.4, -0.2) is 50.4 Å². The number of ether oxygens (including phenoxy) is 1. The van der Waals surface area contributed by atoms with Crippen molar-refractivity contribution in [2.45, 2.75) is 57.1 Å². The lowest BCUT2D eigenvalue weighted by Crippen LogP contribution is -2.56. The molecule has 1 unspecified atom stereocenters. The summed E-state index contributed by atoms with van der Waals surface area (Å²) in [5.41, 5.74) is 2.08. The van der Waals surface area contributed by atoms with Gasteiger partial charge in [-0.05, 0) is 80.8 Å². The Hall–Kier alpha value is -4.15. The van der Waals surface area contributed by atoms with Crippen LogP contribution in [0, 0.1) is 6.92 Å². The fraction of sp³-hybridized carbons (Fsp3) is 0.278. The number of benzene rings is 4. The Labute approximate surface area is 280 Å². The fourth-order valence-electron chi connectivity index (χ4n) is 5.02. The Morgan fingerprint density at radius 2 is 1.48 bits per heavy atom. The first-order chi connectivity index (χ1) is 21.8. The van der Waals surface area contributed by atoms with Gasteiger partial charge in [0, 0.05) is 23.0 Å². The number of rotatable bonds is 12. The van der Waals surface area contributed by atoms with E-state index in [4.69, 9.17) is 4.74 Å². The van der Waals surface area contributed by atoms with E-state index in [1.807, 2.05) is 88.4 Å². The predicted octanol–water partition coefficient (Wildman–Crippen LogP) is 6.52. The van der Waals surface area contributed by atoms with Crippen molar-refractivity contribution in [3.05, 3.63) is 124 Å².